The van der Waals surface area contributed by atoms with Crippen LogP contribution in [0, 0.1) is 11.6 Å². The Kier molecular flexibility index (Phi) is 5.54. The van der Waals surface area contributed by atoms with Crippen LogP contribution in [-0.4, -0.2) is 27.1 Å². The number of nitrogens with two attached hydrogens (primary N) is 1. The molecule has 0 aliphatic rings. The number of benzene rings is 2. The maximum absolute atomic E-state index is 13.9. The van der Waals surface area contributed by atoms with Crippen molar-refractivity contribution in [3.05, 3.63) is 53.6 Å². The van der Waals surface area contributed by atoms with Crippen molar-refractivity contribution >= 4 is 40.3 Å². The minimum Gasteiger partial charge on any atom is -0.366 e. The van der Waals surface area contributed by atoms with Crippen LogP contribution in [0.25, 0.3) is 11.0 Å². The van der Waals surface area contributed by atoms with Crippen LogP contribution in [0.5, 0.6) is 0 Å². The van der Waals surface area contributed by atoms with Crippen LogP contribution in [0.2, 0.25) is 0 Å². The van der Waals surface area contributed by atoms with Gasteiger partial charge in [0.25, 0.3) is 11.7 Å². The number of thioether (sulfide) groups is 1. The van der Waals surface area contributed by atoms with Crippen LogP contribution < -0.4 is 11.1 Å². The number of para-hydroxylation sites is 2. The molecule has 0 aliphatic heterocycles. The fraction of sp³-hybridized carbons (Fsp3) is 0.118. The van der Waals surface area contributed by atoms with E-state index in [0.717, 1.165) is 6.07 Å². The highest BCUT2D eigenvalue weighted by atomic mass is 32.2. The molecule has 0 aliphatic carbocycles. The maximum atomic E-state index is 13.9. The topological polar surface area (TPSA) is 90.0 Å². The van der Waals surface area contributed by atoms with Crippen LogP contribution in [0.1, 0.15) is 10.4 Å². The van der Waals surface area contributed by atoms with Crippen LogP contribution in [0.3, 0.4) is 0 Å². The lowest BCUT2D eigenvalue weighted by Gasteiger charge is -2.11. The fourth-order valence-corrected chi connectivity index (χ4v) is 3.14. The Hall–Kier alpha value is -3.08. The molecule has 28 heavy (non-hydrogen) atoms. The van der Waals surface area contributed by atoms with E-state index < -0.39 is 47.0 Å². The molecule has 0 radical (unpaired) electrons. The number of nitrogens with zero attached hydrogens (tertiary/aromatic N) is 2. The summed E-state index contributed by atoms with van der Waals surface area (Å²) in [7, 11) is 0. The Balaban J connectivity index is 1.90. The van der Waals surface area contributed by atoms with Crippen molar-refractivity contribution in [3.8, 4) is 0 Å². The van der Waals surface area contributed by atoms with Crippen molar-refractivity contribution in [2.75, 3.05) is 5.32 Å². The van der Waals surface area contributed by atoms with E-state index in [-0.39, 0.29) is 16.9 Å². The lowest BCUT2D eigenvalue weighted by molar-refractivity contribution is -0.116. The lowest BCUT2D eigenvalue weighted by Crippen LogP contribution is -2.21. The smallest absolute Gasteiger partial charge is 0.291 e. The zero-order valence-electron chi connectivity index (χ0n) is 14.0. The van der Waals surface area contributed by atoms with Gasteiger partial charge in [-0.3, -0.25) is 9.59 Å². The molecule has 0 spiro atoms. The van der Waals surface area contributed by atoms with E-state index in [1.54, 1.807) is 24.3 Å². The molecule has 3 rings (SSSR count). The number of aromatic nitrogens is 2. The van der Waals surface area contributed by atoms with E-state index in [9.17, 15) is 27.2 Å². The number of rotatable bonds is 6. The molecule has 2 amide bonds. The average Bonchev–Trinajstić information content (AvgIpc) is 2.93. The van der Waals surface area contributed by atoms with E-state index in [1.807, 2.05) is 0 Å². The van der Waals surface area contributed by atoms with Gasteiger partial charge in [-0.05, 0) is 30.0 Å². The van der Waals surface area contributed by atoms with Crippen LogP contribution >= 0.6 is 11.8 Å². The number of primary amides is 1. The molecule has 0 saturated heterocycles. The molecule has 0 bridgehead atoms. The number of carbonyl (C=O) groups excluding carboxylic acids is 2. The summed E-state index contributed by atoms with van der Waals surface area (Å²) >= 11 is 0.164. The minimum atomic E-state index is -2.76. The highest BCUT2D eigenvalue weighted by Gasteiger charge is 2.19. The van der Waals surface area contributed by atoms with Gasteiger partial charge in [-0.1, -0.05) is 12.1 Å². The predicted octanol–water partition coefficient (Wildman–Crippen LogP) is 3.37. The number of amides is 2. The molecule has 0 fully saturated rings. The van der Waals surface area contributed by atoms with Crippen molar-refractivity contribution in [1.82, 2.24) is 9.55 Å². The quantitative estimate of drug-likeness (QED) is 0.480. The third-order valence-electron chi connectivity index (χ3n) is 3.71. The Morgan fingerprint density at radius 2 is 1.89 bits per heavy atom. The van der Waals surface area contributed by atoms with Gasteiger partial charge < -0.3 is 15.6 Å². The molecular formula is C17H12F4N4O2S. The van der Waals surface area contributed by atoms with Gasteiger partial charge in [0.1, 0.15) is 18.2 Å². The predicted molar refractivity (Wildman–Crippen MR) is 95.1 cm³/mol. The Labute approximate surface area is 159 Å². The van der Waals surface area contributed by atoms with Crippen molar-refractivity contribution in [1.29, 1.82) is 0 Å². The molecule has 1 heterocycles. The Morgan fingerprint density at radius 3 is 2.57 bits per heavy atom. The summed E-state index contributed by atoms with van der Waals surface area (Å²) in [6.45, 7) is -0.460. The van der Waals surface area contributed by atoms with Gasteiger partial charge in [0.2, 0.25) is 5.91 Å². The van der Waals surface area contributed by atoms with Crippen molar-refractivity contribution in [3.63, 3.8) is 0 Å². The first-order valence-corrected chi connectivity index (χ1v) is 8.63. The second kappa shape index (κ2) is 7.89. The number of alkyl halides is 2. The number of hydrogen-bond donors (Lipinski definition) is 2. The van der Waals surface area contributed by atoms with Crippen LogP contribution in [-0.2, 0) is 11.3 Å². The molecule has 146 valence electrons. The summed E-state index contributed by atoms with van der Waals surface area (Å²) in [6, 6.07) is 7.68. The second-order valence-corrected chi connectivity index (χ2v) is 6.53. The third kappa shape index (κ3) is 4.09. The molecule has 0 unspecified atom stereocenters. The molecule has 0 atom stereocenters. The number of imidazole rings is 1. The van der Waals surface area contributed by atoms with Gasteiger partial charge in [0, 0.05) is 6.07 Å². The maximum Gasteiger partial charge on any atom is 0.291 e. The first-order valence-electron chi connectivity index (χ1n) is 7.75. The molecule has 11 heteroatoms. The minimum absolute atomic E-state index is 0.0937. The van der Waals surface area contributed by atoms with Gasteiger partial charge in [-0.2, -0.15) is 8.78 Å². The molecule has 3 N–H and O–H groups in total. The molecule has 1 aromatic heterocycles. The molecular weight excluding hydrogens is 400 g/mol. The lowest BCUT2D eigenvalue weighted by atomic mass is 10.1. The van der Waals surface area contributed by atoms with E-state index in [1.165, 1.54) is 4.57 Å². The number of carbonyl (C=O) groups is 2. The second-order valence-electron chi connectivity index (χ2n) is 5.57. The van der Waals surface area contributed by atoms with Gasteiger partial charge in [-0.15, -0.1) is 0 Å². The number of anilines is 1. The van der Waals surface area contributed by atoms with Gasteiger partial charge in [0.05, 0.1) is 22.3 Å². The summed E-state index contributed by atoms with van der Waals surface area (Å²) in [5.41, 5.74) is 4.77. The highest BCUT2D eigenvalue weighted by molar-refractivity contribution is 7.99. The largest absolute Gasteiger partial charge is 0.366 e. The Bertz CT molecular complexity index is 1070. The van der Waals surface area contributed by atoms with E-state index >= 15 is 0 Å². The van der Waals surface area contributed by atoms with E-state index in [4.69, 9.17) is 5.73 Å². The number of hydrogen-bond acceptors (Lipinski definition) is 4. The van der Waals surface area contributed by atoms with Gasteiger partial charge in [-0.25, -0.2) is 13.8 Å². The summed E-state index contributed by atoms with van der Waals surface area (Å²) < 4.78 is 54.3. The number of nitrogens with one attached hydrogen (secondary N) is 1. The van der Waals surface area contributed by atoms with Crippen LogP contribution in [0.4, 0.5) is 23.2 Å². The van der Waals surface area contributed by atoms with E-state index in [0.29, 0.717) is 17.1 Å². The number of fused-ring (bicyclic) bond motifs is 1. The van der Waals surface area contributed by atoms with Crippen molar-refractivity contribution in [2.45, 2.75) is 17.5 Å². The zero-order chi connectivity index (χ0) is 20.4. The van der Waals surface area contributed by atoms with E-state index in [2.05, 4.69) is 10.3 Å². The Morgan fingerprint density at radius 1 is 1.18 bits per heavy atom. The molecule has 0 saturated carbocycles. The molecule has 3 aromatic rings. The summed E-state index contributed by atoms with van der Waals surface area (Å²) in [4.78, 5) is 27.6. The highest BCUT2D eigenvalue weighted by Crippen LogP contribution is 2.28. The third-order valence-corrected chi connectivity index (χ3v) is 4.41. The normalized spacial score (nSPS) is 11.2. The first kappa shape index (κ1) is 19.7. The summed E-state index contributed by atoms with van der Waals surface area (Å²) in [5, 5.41) is 2.09. The van der Waals surface area contributed by atoms with Gasteiger partial charge in [0.15, 0.2) is 5.16 Å². The first-order chi connectivity index (χ1) is 13.3. The zero-order valence-corrected chi connectivity index (χ0v) is 14.8. The van der Waals surface area contributed by atoms with Gasteiger partial charge >= 0.3 is 0 Å². The fourth-order valence-electron chi connectivity index (χ4n) is 2.54. The SMILES string of the molecule is NC(=O)c1cc(NC(=O)Cn2c(SC(F)F)nc3ccccc32)c(F)cc1F. The van der Waals surface area contributed by atoms with Crippen LogP contribution in [0.15, 0.2) is 41.6 Å². The molecule has 2 aromatic carbocycles. The standard InChI is InChI=1S/C17H12F4N4O2S/c18-9-6-10(19)12(5-8(9)15(22)27)23-14(26)7-25-13-4-2-1-3-11(13)24-17(25)28-16(20)21/h1-6,16H,7H2,(H2,22,27)(H,23,26). The van der Waals surface area contributed by atoms with Crippen molar-refractivity contribution in [2.24, 2.45) is 5.73 Å². The van der Waals surface area contributed by atoms with Crippen molar-refractivity contribution < 1.29 is 27.2 Å². The average molecular weight is 412 g/mol. The molecule has 6 nitrogen and oxygen atoms in total. The summed E-state index contributed by atoms with van der Waals surface area (Å²) in [5.74, 6) is -6.97. The monoisotopic (exact) mass is 412 g/mol. The number of halogens is 4. The summed E-state index contributed by atoms with van der Waals surface area (Å²) in [6.07, 6.45) is 0.